The van der Waals surface area contributed by atoms with Crippen LogP contribution in [0, 0.1) is 0 Å². The standard InChI is InChI=1S/C53H97NO13/c1-3-5-7-9-10-11-12-13-14-15-16-17-18-19-20-21-22-23-24-25-26-27-28-29-30-31-32-33-34-36-42(57)41(54-45(58)37-35-8-6-4-2)40-64-52-50(63)48(61)51(44(39-56)66-52)67-53-49(62)47(60)46(59)43(38-55)65-53/h26-27,30-31,34,36,41-44,46-53,55-57,59-63H,3-25,28-29,32-33,35,37-40H2,1-2H3,(H,54,58)/b27-26+,31-30+,36-34+. The summed E-state index contributed by atoms with van der Waals surface area (Å²) >= 11 is 0. The van der Waals surface area contributed by atoms with Crippen molar-refractivity contribution in [2.45, 2.75) is 274 Å². The van der Waals surface area contributed by atoms with Crippen LogP contribution in [0.25, 0.3) is 0 Å². The van der Waals surface area contributed by atoms with E-state index in [1.165, 1.54) is 122 Å². The number of rotatable bonds is 41. The summed E-state index contributed by atoms with van der Waals surface area (Å²) in [7, 11) is 0. The minimum Gasteiger partial charge on any atom is -0.394 e. The molecule has 0 aromatic heterocycles. The average Bonchev–Trinajstić information content (AvgIpc) is 3.33. The summed E-state index contributed by atoms with van der Waals surface area (Å²) in [5, 5.41) is 86.2. The third kappa shape index (κ3) is 26.8. The van der Waals surface area contributed by atoms with Crippen molar-refractivity contribution in [2.24, 2.45) is 0 Å². The molecule has 12 unspecified atom stereocenters. The Morgan fingerprint density at radius 1 is 0.522 bits per heavy atom. The fourth-order valence-electron chi connectivity index (χ4n) is 8.68. The van der Waals surface area contributed by atoms with Crippen LogP contribution in [0.5, 0.6) is 0 Å². The molecule has 2 aliphatic rings. The Morgan fingerprint density at radius 2 is 0.955 bits per heavy atom. The van der Waals surface area contributed by atoms with Gasteiger partial charge in [0.2, 0.25) is 5.91 Å². The molecule has 14 heteroatoms. The predicted molar refractivity (Wildman–Crippen MR) is 263 cm³/mol. The summed E-state index contributed by atoms with van der Waals surface area (Å²) in [6.45, 7) is 2.62. The van der Waals surface area contributed by atoms with Crippen molar-refractivity contribution in [1.29, 1.82) is 0 Å². The molecule has 0 spiro atoms. The number of ether oxygens (including phenoxy) is 4. The van der Waals surface area contributed by atoms with Gasteiger partial charge in [0.1, 0.15) is 48.8 Å². The van der Waals surface area contributed by atoms with E-state index in [-0.39, 0.29) is 18.9 Å². The third-order valence-corrected chi connectivity index (χ3v) is 13.1. The van der Waals surface area contributed by atoms with E-state index in [1.54, 1.807) is 6.08 Å². The molecule has 0 saturated carbocycles. The molecule has 12 atom stereocenters. The van der Waals surface area contributed by atoms with E-state index in [4.69, 9.17) is 18.9 Å². The Morgan fingerprint density at radius 3 is 1.46 bits per heavy atom. The molecule has 0 bridgehead atoms. The maximum absolute atomic E-state index is 12.9. The second-order valence-corrected chi connectivity index (χ2v) is 19.0. The maximum Gasteiger partial charge on any atom is 0.220 e. The van der Waals surface area contributed by atoms with E-state index in [2.05, 4.69) is 43.5 Å². The Labute approximate surface area is 404 Å². The number of allylic oxidation sites excluding steroid dienone is 5. The lowest BCUT2D eigenvalue weighted by Crippen LogP contribution is -2.65. The Balaban J connectivity index is 1.65. The molecule has 2 rings (SSSR count). The van der Waals surface area contributed by atoms with Gasteiger partial charge in [0.05, 0.1) is 32.0 Å². The Kier molecular flexibility index (Phi) is 36.5. The first-order chi connectivity index (χ1) is 32.6. The Hall–Kier alpha value is -1.79. The van der Waals surface area contributed by atoms with Crippen molar-refractivity contribution >= 4 is 5.91 Å². The largest absolute Gasteiger partial charge is 0.394 e. The number of aliphatic hydroxyl groups is 8. The molecule has 2 saturated heterocycles. The van der Waals surface area contributed by atoms with Gasteiger partial charge in [0.15, 0.2) is 12.6 Å². The topological polar surface area (TPSA) is 228 Å². The van der Waals surface area contributed by atoms with E-state index in [0.29, 0.717) is 12.8 Å². The number of hydrogen-bond acceptors (Lipinski definition) is 13. The van der Waals surface area contributed by atoms with Crippen LogP contribution in [-0.2, 0) is 23.7 Å². The number of amides is 1. The van der Waals surface area contributed by atoms with Gasteiger partial charge in [0.25, 0.3) is 0 Å². The van der Waals surface area contributed by atoms with Crippen LogP contribution in [0.3, 0.4) is 0 Å². The molecule has 67 heavy (non-hydrogen) atoms. The molecular formula is C53H97NO13. The smallest absolute Gasteiger partial charge is 0.220 e. The van der Waals surface area contributed by atoms with Gasteiger partial charge in [-0.3, -0.25) is 4.79 Å². The minimum absolute atomic E-state index is 0.261. The van der Waals surface area contributed by atoms with Crippen LogP contribution in [0.4, 0.5) is 0 Å². The van der Waals surface area contributed by atoms with Crippen molar-refractivity contribution in [2.75, 3.05) is 19.8 Å². The summed E-state index contributed by atoms with van der Waals surface area (Å²) < 4.78 is 22.5. The summed E-state index contributed by atoms with van der Waals surface area (Å²) in [5.41, 5.74) is 0. The van der Waals surface area contributed by atoms with Crippen LogP contribution in [0.15, 0.2) is 36.5 Å². The summed E-state index contributed by atoms with van der Waals surface area (Å²) in [6.07, 6.45) is 30.2. The van der Waals surface area contributed by atoms with Crippen LogP contribution < -0.4 is 5.32 Å². The number of hydrogen-bond donors (Lipinski definition) is 9. The van der Waals surface area contributed by atoms with Gasteiger partial charge in [-0.05, 0) is 44.9 Å². The first-order valence-corrected chi connectivity index (χ1v) is 26.7. The molecule has 14 nitrogen and oxygen atoms in total. The van der Waals surface area contributed by atoms with E-state index in [1.807, 2.05) is 6.08 Å². The lowest BCUT2D eigenvalue weighted by atomic mass is 9.97. The number of nitrogens with one attached hydrogen (secondary N) is 1. The van der Waals surface area contributed by atoms with Gasteiger partial charge in [-0.2, -0.15) is 0 Å². The molecule has 9 N–H and O–H groups in total. The van der Waals surface area contributed by atoms with E-state index in [9.17, 15) is 45.6 Å². The van der Waals surface area contributed by atoms with Gasteiger partial charge in [-0.1, -0.05) is 185 Å². The molecular weight excluding hydrogens is 859 g/mol. The van der Waals surface area contributed by atoms with Crippen molar-refractivity contribution in [1.82, 2.24) is 5.32 Å². The lowest BCUT2D eigenvalue weighted by molar-refractivity contribution is -0.359. The van der Waals surface area contributed by atoms with Crippen molar-refractivity contribution in [3.63, 3.8) is 0 Å². The fraction of sp³-hybridized carbons (Fsp3) is 0.868. The van der Waals surface area contributed by atoms with Crippen LogP contribution in [0.1, 0.15) is 200 Å². The van der Waals surface area contributed by atoms with E-state index >= 15 is 0 Å². The number of unbranched alkanes of at least 4 members (excludes halogenated alkanes) is 24. The monoisotopic (exact) mass is 956 g/mol. The maximum atomic E-state index is 12.9. The highest BCUT2D eigenvalue weighted by molar-refractivity contribution is 5.76. The quantitative estimate of drug-likeness (QED) is 0.0214. The molecule has 2 fully saturated rings. The van der Waals surface area contributed by atoms with E-state index in [0.717, 1.165) is 44.9 Å². The van der Waals surface area contributed by atoms with Crippen molar-refractivity contribution in [3.05, 3.63) is 36.5 Å². The SMILES string of the molecule is CCCCCCCCCCCCCCCCCCCCC/C=C/CC/C=C/CC/C=C/C(O)C(COC1OC(CO)C(OC2OC(CO)C(O)C(O)C2O)C(O)C1O)NC(=O)CCCCCC. The molecule has 0 aromatic carbocycles. The van der Waals surface area contributed by atoms with E-state index < -0.39 is 86.8 Å². The number of carbonyl (C=O) groups excluding carboxylic acids is 1. The average molecular weight is 956 g/mol. The molecule has 2 heterocycles. The minimum atomic E-state index is -1.79. The van der Waals surface area contributed by atoms with Gasteiger partial charge < -0.3 is 65.1 Å². The van der Waals surface area contributed by atoms with Crippen LogP contribution >= 0.6 is 0 Å². The molecule has 2 aliphatic heterocycles. The van der Waals surface area contributed by atoms with Crippen LogP contribution in [-0.4, -0.2) is 140 Å². The molecule has 0 aliphatic carbocycles. The molecule has 1 amide bonds. The van der Waals surface area contributed by atoms with Gasteiger partial charge in [-0.15, -0.1) is 0 Å². The third-order valence-electron chi connectivity index (χ3n) is 13.1. The molecule has 0 radical (unpaired) electrons. The normalized spacial score (nSPS) is 26.8. The number of carbonyl (C=O) groups is 1. The highest BCUT2D eigenvalue weighted by atomic mass is 16.7. The van der Waals surface area contributed by atoms with Crippen molar-refractivity contribution < 1.29 is 64.6 Å². The van der Waals surface area contributed by atoms with Gasteiger partial charge in [-0.25, -0.2) is 0 Å². The highest BCUT2D eigenvalue weighted by Gasteiger charge is 2.51. The summed E-state index contributed by atoms with van der Waals surface area (Å²) in [4.78, 5) is 12.9. The zero-order valence-electron chi connectivity index (χ0n) is 41.6. The first-order valence-electron chi connectivity index (χ1n) is 26.7. The lowest BCUT2D eigenvalue weighted by Gasteiger charge is -2.46. The summed E-state index contributed by atoms with van der Waals surface area (Å²) in [5.74, 6) is -0.272. The predicted octanol–water partition coefficient (Wildman–Crippen LogP) is 7.49. The Bertz CT molecular complexity index is 1270. The zero-order valence-corrected chi connectivity index (χ0v) is 41.6. The van der Waals surface area contributed by atoms with Gasteiger partial charge in [0, 0.05) is 6.42 Å². The zero-order chi connectivity index (χ0) is 48.9. The first kappa shape index (κ1) is 61.3. The molecule has 392 valence electrons. The van der Waals surface area contributed by atoms with Crippen LogP contribution in [0.2, 0.25) is 0 Å². The number of aliphatic hydroxyl groups excluding tert-OH is 8. The second kappa shape index (κ2) is 39.9. The van der Waals surface area contributed by atoms with Gasteiger partial charge >= 0.3 is 0 Å². The summed E-state index contributed by atoms with van der Waals surface area (Å²) in [6, 6.07) is -0.931. The fourth-order valence-corrected chi connectivity index (χ4v) is 8.68. The molecule has 0 aromatic rings. The highest BCUT2D eigenvalue weighted by Crippen LogP contribution is 2.30. The van der Waals surface area contributed by atoms with Crippen molar-refractivity contribution in [3.8, 4) is 0 Å². The second-order valence-electron chi connectivity index (χ2n) is 19.0.